The minimum absolute atomic E-state index is 0.0432. The fraction of sp³-hybridized carbons (Fsp3) is 0.417. The Bertz CT molecular complexity index is 445. The van der Waals surface area contributed by atoms with Gasteiger partial charge in [-0.2, -0.15) is 13.2 Å². The van der Waals surface area contributed by atoms with Gasteiger partial charge in [-0.1, -0.05) is 18.2 Å². The van der Waals surface area contributed by atoms with Crippen LogP contribution in [0.5, 0.6) is 0 Å². The second kappa shape index (κ2) is 4.97. The van der Waals surface area contributed by atoms with Crippen molar-refractivity contribution in [3.8, 4) is 0 Å². The van der Waals surface area contributed by atoms with Gasteiger partial charge in [0.25, 0.3) is 0 Å². The smallest absolute Gasteiger partial charge is 0.353 e. The monoisotopic (exact) mass is 258 g/mol. The molecule has 1 fully saturated rings. The third-order valence-electron chi connectivity index (χ3n) is 2.88. The van der Waals surface area contributed by atoms with Gasteiger partial charge < -0.3 is 10.6 Å². The second-order valence-corrected chi connectivity index (χ2v) is 4.16. The molecule has 0 aromatic heterocycles. The average Bonchev–Trinajstić information content (AvgIpc) is 2.31. The Labute approximate surface area is 102 Å². The van der Waals surface area contributed by atoms with Crippen LogP contribution in [0, 0.1) is 0 Å². The number of alkyl halides is 3. The first kappa shape index (κ1) is 12.9. The summed E-state index contributed by atoms with van der Waals surface area (Å²) >= 11 is 0. The van der Waals surface area contributed by atoms with E-state index in [1.807, 2.05) is 0 Å². The van der Waals surface area contributed by atoms with Crippen LogP contribution < -0.4 is 10.6 Å². The molecule has 1 aliphatic heterocycles. The lowest BCUT2D eigenvalue weighted by Crippen LogP contribution is -2.53. The lowest BCUT2D eigenvalue weighted by atomic mass is 9.98. The molecule has 1 aliphatic rings. The lowest BCUT2D eigenvalue weighted by Gasteiger charge is -2.24. The number of hydrogen-bond acceptors (Lipinski definition) is 2. The van der Waals surface area contributed by atoms with Crippen molar-refractivity contribution < 1.29 is 18.0 Å². The molecule has 1 unspecified atom stereocenters. The van der Waals surface area contributed by atoms with E-state index in [1.165, 1.54) is 12.1 Å². The van der Waals surface area contributed by atoms with Gasteiger partial charge in [0, 0.05) is 13.1 Å². The minimum atomic E-state index is -4.39. The average molecular weight is 258 g/mol. The number of piperazine rings is 1. The van der Waals surface area contributed by atoms with Crippen molar-refractivity contribution in [2.75, 3.05) is 13.1 Å². The van der Waals surface area contributed by atoms with E-state index < -0.39 is 17.8 Å². The van der Waals surface area contributed by atoms with E-state index in [2.05, 4.69) is 10.6 Å². The fourth-order valence-corrected chi connectivity index (χ4v) is 2.01. The molecule has 3 nitrogen and oxygen atoms in total. The van der Waals surface area contributed by atoms with E-state index in [1.54, 1.807) is 6.07 Å². The van der Waals surface area contributed by atoms with Crippen LogP contribution >= 0.6 is 0 Å². The highest BCUT2D eigenvalue weighted by atomic mass is 19.4. The van der Waals surface area contributed by atoms with Crippen molar-refractivity contribution in [2.24, 2.45) is 0 Å². The lowest BCUT2D eigenvalue weighted by molar-refractivity contribution is -0.138. The van der Waals surface area contributed by atoms with Gasteiger partial charge in [0.2, 0.25) is 5.91 Å². The summed E-state index contributed by atoms with van der Waals surface area (Å²) in [4.78, 5) is 11.5. The van der Waals surface area contributed by atoms with Crippen LogP contribution in [0.4, 0.5) is 13.2 Å². The number of benzene rings is 1. The third-order valence-corrected chi connectivity index (χ3v) is 2.88. The van der Waals surface area contributed by atoms with Gasteiger partial charge in [-0.3, -0.25) is 4.79 Å². The normalized spacial score (nSPS) is 20.6. The van der Waals surface area contributed by atoms with Crippen LogP contribution in [0.2, 0.25) is 0 Å². The van der Waals surface area contributed by atoms with E-state index >= 15 is 0 Å². The molecule has 2 N–H and O–H groups in total. The number of amides is 1. The summed E-state index contributed by atoms with van der Waals surface area (Å²) in [6, 6.07) is 4.75. The molecular weight excluding hydrogens is 245 g/mol. The number of carbonyl (C=O) groups is 1. The van der Waals surface area contributed by atoms with Gasteiger partial charge in [0.1, 0.15) is 0 Å². The molecule has 0 radical (unpaired) electrons. The maximum absolute atomic E-state index is 12.8. The highest BCUT2D eigenvalue weighted by Crippen LogP contribution is 2.32. The van der Waals surface area contributed by atoms with E-state index in [4.69, 9.17) is 0 Å². The molecule has 98 valence electrons. The Morgan fingerprint density at radius 3 is 2.61 bits per heavy atom. The number of carbonyl (C=O) groups excluding carboxylic acids is 1. The Morgan fingerprint density at radius 2 is 1.94 bits per heavy atom. The van der Waals surface area contributed by atoms with Crippen LogP contribution in [-0.2, 0) is 17.4 Å². The molecule has 0 bridgehead atoms. The molecule has 1 saturated heterocycles. The summed E-state index contributed by atoms with van der Waals surface area (Å²) in [5.41, 5.74) is -0.537. The molecule has 18 heavy (non-hydrogen) atoms. The molecule has 0 saturated carbocycles. The van der Waals surface area contributed by atoms with Gasteiger partial charge in [0.15, 0.2) is 0 Å². The first-order valence-corrected chi connectivity index (χ1v) is 5.64. The van der Waals surface area contributed by atoms with Crippen molar-refractivity contribution in [3.05, 3.63) is 35.4 Å². The van der Waals surface area contributed by atoms with Gasteiger partial charge >= 0.3 is 6.18 Å². The van der Waals surface area contributed by atoms with Crippen LogP contribution in [0.15, 0.2) is 24.3 Å². The number of hydrogen-bond donors (Lipinski definition) is 2. The molecule has 2 rings (SSSR count). The summed E-state index contributed by atoms with van der Waals surface area (Å²) in [5, 5.41) is 5.54. The number of halogens is 3. The standard InChI is InChI=1S/C12H13F3N2O/c13-12(14,15)9-4-2-1-3-8(9)7-10-11(18)17-6-5-16-10/h1-4,10,16H,5-7H2,(H,17,18). The zero-order chi connectivity index (χ0) is 13.2. The van der Waals surface area contributed by atoms with Gasteiger partial charge in [-0.05, 0) is 18.1 Å². The molecule has 1 aromatic carbocycles. The quantitative estimate of drug-likeness (QED) is 0.840. The summed E-state index contributed by atoms with van der Waals surface area (Å²) in [5.74, 6) is -0.252. The largest absolute Gasteiger partial charge is 0.416 e. The van der Waals surface area contributed by atoms with E-state index in [9.17, 15) is 18.0 Å². The predicted molar refractivity (Wildman–Crippen MR) is 59.9 cm³/mol. The zero-order valence-corrected chi connectivity index (χ0v) is 9.55. The van der Waals surface area contributed by atoms with Crippen LogP contribution in [0.1, 0.15) is 11.1 Å². The second-order valence-electron chi connectivity index (χ2n) is 4.16. The first-order valence-electron chi connectivity index (χ1n) is 5.64. The summed E-state index contributed by atoms with van der Waals surface area (Å²) in [6.45, 7) is 1.08. The summed E-state index contributed by atoms with van der Waals surface area (Å²) < 4.78 is 38.3. The molecule has 1 aromatic rings. The van der Waals surface area contributed by atoms with Crippen molar-refractivity contribution in [2.45, 2.75) is 18.6 Å². The predicted octanol–water partition coefficient (Wildman–Crippen LogP) is 1.34. The summed E-state index contributed by atoms with van der Waals surface area (Å²) in [6.07, 6.45) is -4.34. The first-order chi connectivity index (χ1) is 8.48. The molecule has 0 spiro atoms. The number of nitrogens with one attached hydrogen (secondary N) is 2. The zero-order valence-electron chi connectivity index (χ0n) is 9.55. The highest BCUT2D eigenvalue weighted by Gasteiger charge is 2.34. The molecular formula is C12H13F3N2O. The van der Waals surface area contributed by atoms with Crippen molar-refractivity contribution in [1.82, 2.24) is 10.6 Å². The van der Waals surface area contributed by atoms with Gasteiger partial charge in [-0.15, -0.1) is 0 Å². The van der Waals surface area contributed by atoms with Crippen molar-refractivity contribution >= 4 is 5.91 Å². The minimum Gasteiger partial charge on any atom is -0.353 e. The molecule has 1 atom stereocenters. The van der Waals surface area contributed by atoms with E-state index in [0.29, 0.717) is 13.1 Å². The van der Waals surface area contributed by atoms with Gasteiger partial charge in [0.05, 0.1) is 11.6 Å². The SMILES string of the molecule is O=C1NCCNC1Cc1ccccc1C(F)(F)F. The fourth-order valence-electron chi connectivity index (χ4n) is 2.01. The topological polar surface area (TPSA) is 41.1 Å². The highest BCUT2D eigenvalue weighted by molar-refractivity contribution is 5.82. The maximum atomic E-state index is 12.8. The maximum Gasteiger partial charge on any atom is 0.416 e. The molecule has 1 heterocycles. The van der Waals surface area contributed by atoms with E-state index in [-0.39, 0.29) is 17.9 Å². The van der Waals surface area contributed by atoms with Crippen molar-refractivity contribution in [1.29, 1.82) is 0 Å². The number of rotatable bonds is 2. The Morgan fingerprint density at radius 1 is 1.22 bits per heavy atom. The Kier molecular flexibility index (Phi) is 3.56. The van der Waals surface area contributed by atoms with Crippen LogP contribution in [0.25, 0.3) is 0 Å². The Hall–Kier alpha value is -1.56. The summed E-state index contributed by atoms with van der Waals surface area (Å²) in [7, 11) is 0. The third kappa shape index (κ3) is 2.81. The Balaban J connectivity index is 2.21. The van der Waals surface area contributed by atoms with Gasteiger partial charge in [-0.25, -0.2) is 0 Å². The molecule has 1 amide bonds. The van der Waals surface area contributed by atoms with Crippen LogP contribution in [0.3, 0.4) is 0 Å². The van der Waals surface area contributed by atoms with Crippen molar-refractivity contribution in [3.63, 3.8) is 0 Å². The molecule has 6 heteroatoms. The van der Waals surface area contributed by atoms with E-state index in [0.717, 1.165) is 6.07 Å². The van der Waals surface area contributed by atoms with Crippen LogP contribution in [-0.4, -0.2) is 25.0 Å². The molecule has 0 aliphatic carbocycles.